The maximum atomic E-state index is 10.3. The molecule has 3 heteroatoms. The number of aliphatic hydroxyl groups excluding tert-OH is 1. The molecular formula is C7H7IO2. The highest BCUT2D eigenvalue weighted by molar-refractivity contribution is 14.1. The first-order valence-electron chi connectivity index (χ1n) is 2.99. The van der Waals surface area contributed by atoms with Gasteiger partial charge in [-0.1, -0.05) is 6.08 Å². The summed E-state index contributed by atoms with van der Waals surface area (Å²) >= 11 is 2.02. The van der Waals surface area contributed by atoms with Crippen molar-refractivity contribution in [2.24, 2.45) is 0 Å². The van der Waals surface area contributed by atoms with Gasteiger partial charge in [0.15, 0.2) is 0 Å². The minimum absolute atomic E-state index is 0.154. The number of carbonyl (C=O) groups is 1. The van der Waals surface area contributed by atoms with Crippen LogP contribution < -0.4 is 0 Å². The second kappa shape index (κ2) is 3.18. The monoisotopic (exact) mass is 250 g/mol. The molecule has 0 bridgehead atoms. The third-order valence-electron chi connectivity index (χ3n) is 1.41. The number of aldehydes is 1. The molecule has 1 aliphatic rings. The molecule has 0 radical (unpaired) electrons. The van der Waals surface area contributed by atoms with Crippen LogP contribution in [0.2, 0.25) is 0 Å². The van der Waals surface area contributed by atoms with E-state index in [4.69, 9.17) is 0 Å². The third kappa shape index (κ3) is 1.39. The van der Waals surface area contributed by atoms with Crippen molar-refractivity contribution in [2.75, 3.05) is 0 Å². The fraction of sp³-hybridized carbons (Fsp3) is 0.286. The molecule has 0 aromatic rings. The zero-order chi connectivity index (χ0) is 7.56. The van der Waals surface area contributed by atoms with E-state index in [1.807, 2.05) is 28.7 Å². The lowest BCUT2D eigenvalue weighted by Gasteiger charge is -2.08. The number of halogens is 1. The fourth-order valence-corrected chi connectivity index (χ4v) is 1.50. The number of hydrogen-bond donors (Lipinski definition) is 1. The van der Waals surface area contributed by atoms with Crippen LogP contribution in [0, 0.1) is 0 Å². The van der Waals surface area contributed by atoms with Gasteiger partial charge in [0.1, 0.15) is 12.0 Å². The maximum absolute atomic E-state index is 10.3. The van der Waals surface area contributed by atoms with Gasteiger partial charge in [0, 0.05) is 5.57 Å². The van der Waals surface area contributed by atoms with Crippen molar-refractivity contribution < 1.29 is 9.90 Å². The van der Waals surface area contributed by atoms with Gasteiger partial charge in [-0.25, -0.2) is 0 Å². The van der Waals surface area contributed by atoms with Crippen LogP contribution in [-0.4, -0.2) is 11.4 Å². The second-order valence-electron chi connectivity index (χ2n) is 2.08. The van der Waals surface area contributed by atoms with Gasteiger partial charge < -0.3 is 5.11 Å². The van der Waals surface area contributed by atoms with Crippen molar-refractivity contribution in [2.45, 2.75) is 12.8 Å². The zero-order valence-electron chi connectivity index (χ0n) is 5.30. The summed E-state index contributed by atoms with van der Waals surface area (Å²) < 4.78 is 0.783. The molecular weight excluding hydrogens is 243 g/mol. The molecule has 0 amide bonds. The maximum Gasteiger partial charge on any atom is 0.149 e. The van der Waals surface area contributed by atoms with Gasteiger partial charge in [-0.15, -0.1) is 0 Å². The van der Waals surface area contributed by atoms with Gasteiger partial charge in [0.25, 0.3) is 0 Å². The Morgan fingerprint density at radius 1 is 1.70 bits per heavy atom. The van der Waals surface area contributed by atoms with Gasteiger partial charge in [-0.05, 0) is 35.4 Å². The van der Waals surface area contributed by atoms with E-state index in [9.17, 15) is 9.90 Å². The molecule has 0 heterocycles. The van der Waals surface area contributed by atoms with Gasteiger partial charge in [-0.2, -0.15) is 0 Å². The first-order valence-corrected chi connectivity index (χ1v) is 4.07. The van der Waals surface area contributed by atoms with E-state index in [2.05, 4.69) is 0 Å². The van der Waals surface area contributed by atoms with Crippen LogP contribution in [0.25, 0.3) is 0 Å². The highest BCUT2D eigenvalue weighted by Crippen LogP contribution is 2.26. The molecule has 10 heavy (non-hydrogen) atoms. The molecule has 1 N–H and O–H groups in total. The molecule has 0 spiro atoms. The molecule has 1 aliphatic carbocycles. The van der Waals surface area contributed by atoms with E-state index < -0.39 is 0 Å². The van der Waals surface area contributed by atoms with Gasteiger partial charge in [0.2, 0.25) is 0 Å². The lowest BCUT2D eigenvalue weighted by molar-refractivity contribution is -0.105. The van der Waals surface area contributed by atoms with Crippen molar-refractivity contribution in [3.63, 3.8) is 0 Å². The highest BCUT2D eigenvalue weighted by Gasteiger charge is 2.11. The molecule has 0 aliphatic heterocycles. The average Bonchev–Trinajstić information content (AvgIpc) is 1.95. The highest BCUT2D eigenvalue weighted by atomic mass is 127. The van der Waals surface area contributed by atoms with E-state index in [0.717, 1.165) is 16.3 Å². The number of aliphatic hydroxyl groups is 1. The quantitative estimate of drug-likeness (QED) is 0.571. The van der Waals surface area contributed by atoms with E-state index in [1.165, 1.54) is 0 Å². The molecule has 0 atom stereocenters. The predicted octanol–water partition coefficient (Wildman–Crippen LogP) is 2.11. The normalized spacial score (nSPS) is 18.7. The topological polar surface area (TPSA) is 37.3 Å². The SMILES string of the molecule is O=CC1=C(O)C(I)=CCC1. The summed E-state index contributed by atoms with van der Waals surface area (Å²) in [6.07, 6.45) is 4.17. The van der Waals surface area contributed by atoms with Crippen molar-refractivity contribution >= 4 is 28.9 Å². The first-order chi connectivity index (χ1) is 4.75. The molecule has 0 saturated carbocycles. The van der Waals surface area contributed by atoms with Crippen LogP contribution >= 0.6 is 22.6 Å². The van der Waals surface area contributed by atoms with Crippen LogP contribution in [0.15, 0.2) is 21.0 Å². The van der Waals surface area contributed by atoms with Gasteiger partial charge >= 0.3 is 0 Å². The van der Waals surface area contributed by atoms with E-state index in [-0.39, 0.29) is 5.76 Å². The van der Waals surface area contributed by atoms with Gasteiger partial charge in [-0.3, -0.25) is 4.79 Å². The standard InChI is InChI=1S/C7H7IO2/c8-6-3-1-2-5(4-9)7(6)10/h3-4,10H,1-2H2. The average molecular weight is 250 g/mol. The summed E-state index contributed by atoms with van der Waals surface area (Å²) in [4.78, 5) is 10.3. The van der Waals surface area contributed by atoms with Crippen molar-refractivity contribution in [1.82, 2.24) is 0 Å². The van der Waals surface area contributed by atoms with Gasteiger partial charge in [0.05, 0.1) is 3.58 Å². The molecule has 0 saturated heterocycles. The molecule has 1 rings (SSSR count). The summed E-state index contributed by atoms with van der Waals surface area (Å²) in [5.74, 6) is 0.154. The van der Waals surface area contributed by atoms with E-state index >= 15 is 0 Å². The Balaban J connectivity index is 2.95. The third-order valence-corrected chi connectivity index (χ3v) is 2.36. The van der Waals surface area contributed by atoms with Crippen molar-refractivity contribution in [3.8, 4) is 0 Å². The summed E-state index contributed by atoms with van der Waals surface area (Å²) in [6, 6.07) is 0. The Hall–Kier alpha value is -0.320. The fourth-order valence-electron chi connectivity index (χ4n) is 0.838. The molecule has 0 unspecified atom stereocenters. The minimum Gasteiger partial charge on any atom is -0.506 e. The van der Waals surface area contributed by atoms with Crippen LogP contribution in [-0.2, 0) is 4.79 Å². The summed E-state index contributed by atoms with van der Waals surface area (Å²) in [7, 11) is 0. The van der Waals surface area contributed by atoms with Crippen LogP contribution in [0.4, 0.5) is 0 Å². The Morgan fingerprint density at radius 3 is 2.90 bits per heavy atom. The molecule has 0 aromatic carbocycles. The predicted molar refractivity (Wildman–Crippen MR) is 47.1 cm³/mol. The lowest BCUT2D eigenvalue weighted by atomic mass is 10.1. The smallest absolute Gasteiger partial charge is 0.149 e. The molecule has 0 aromatic heterocycles. The van der Waals surface area contributed by atoms with Crippen molar-refractivity contribution in [3.05, 3.63) is 21.0 Å². The summed E-state index contributed by atoms with van der Waals surface area (Å²) in [5, 5.41) is 9.21. The first kappa shape index (κ1) is 7.78. The largest absolute Gasteiger partial charge is 0.506 e. The zero-order valence-corrected chi connectivity index (χ0v) is 7.46. The number of hydrogen-bond acceptors (Lipinski definition) is 2. The molecule has 54 valence electrons. The lowest BCUT2D eigenvalue weighted by Crippen LogP contribution is -1.97. The second-order valence-corrected chi connectivity index (χ2v) is 3.24. The molecule has 2 nitrogen and oxygen atoms in total. The Morgan fingerprint density at radius 2 is 2.40 bits per heavy atom. The summed E-state index contributed by atoms with van der Waals surface area (Å²) in [6.45, 7) is 0. The number of rotatable bonds is 1. The van der Waals surface area contributed by atoms with Crippen LogP contribution in [0.5, 0.6) is 0 Å². The van der Waals surface area contributed by atoms with Crippen LogP contribution in [0.3, 0.4) is 0 Å². The number of allylic oxidation sites excluding steroid dienone is 3. The Labute approximate surface area is 72.8 Å². The Bertz CT molecular complexity index is 216. The molecule has 0 fully saturated rings. The van der Waals surface area contributed by atoms with E-state index in [1.54, 1.807) is 0 Å². The van der Waals surface area contributed by atoms with E-state index in [0.29, 0.717) is 12.0 Å². The minimum atomic E-state index is 0.154. The summed E-state index contributed by atoms with van der Waals surface area (Å²) in [5.41, 5.74) is 0.520. The Kier molecular flexibility index (Phi) is 2.48. The number of carbonyl (C=O) groups excluding carboxylic acids is 1. The van der Waals surface area contributed by atoms with Crippen molar-refractivity contribution in [1.29, 1.82) is 0 Å². The van der Waals surface area contributed by atoms with Crippen LogP contribution in [0.1, 0.15) is 12.8 Å².